The van der Waals surface area contributed by atoms with E-state index in [2.05, 4.69) is 55.2 Å². The lowest BCUT2D eigenvalue weighted by molar-refractivity contribution is -0.696. The third-order valence-electron chi connectivity index (χ3n) is 6.02. The molecule has 0 spiro atoms. The number of hydrogen-bond acceptors (Lipinski definition) is 4. The van der Waals surface area contributed by atoms with Gasteiger partial charge in [-0.2, -0.15) is 0 Å². The summed E-state index contributed by atoms with van der Waals surface area (Å²) in [4.78, 5) is 2.55. The zero-order chi connectivity index (χ0) is 24.7. The molecule has 188 valence electrons. The molecule has 0 radical (unpaired) electrons. The van der Waals surface area contributed by atoms with Crippen molar-refractivity contribution in [2.45, 2.75) is 78.2 Å². The maximum Gasteiger partial charge on any atom is 0.169 e. The fraction of sp³-hybridized carbons (Fsp3) is 0.536. The highest BCUT2D eigenvalue weighted by molar-refractivity contribution is 7.85. The third-order valence-corrected chi connectivity index (χ3v) is 6.81. The van der Waals surface area contributed by atoms with Crippen LogP contribution in [0.2, 0.25) is 0 Å². The quantitative estimate of drug-likeness (QED) is 0.155. The van der Waals surface area contributed by atoms with Gasteiger partial charge in [-0.15, -0.1) is 0 Å². The molecule has 2 aromatic rings. The Hall–Kier alpha value is -2.18. The van der Waals surface area contributed by atoms with Gasteiger partial charge in [0.1, 0.15) is 6.54 Å². The average molecular weight is 487 g/mol. The Kier molecular flexibility index (Phi) is 12.9. The molecule has 5 nitrogen and oxygen atoms in total. The van der Waals surface area contributed by atoms with E-state index in [0.29, 0.717) is 13.0 Å². The minimum absolute atomic E-state index is 0.326. The number of pyridine rings is 1. The van der Waals surface area contributed by atoms with Crippen LogP contribution in [-0.4, -0.2) is 31.8 Å². The minimum atomic E-state index is -4.14. The van der Waals surface area contributed by atoms with Gasteiger partial charge in [0.2, 0.25) is 0 Å². The van der Waals surface area contributed by atoms with Gasteiger partial charge in [-0.05, 0) is 36.1 Å². The molecule has 0 aliphatic carbocycles. The number of aryl methyl sites for hydroxylation is 1. The van der Waals surface area contributed by atoms with Crippen LogP contribution >= 0.6 is 0 Å². The van der Waals surface area contributed by atoms with E-state index in [1.807, 2.05) is 29.1 Å². The molecule has 34 heavy (non-hydrogen) atoms. The molecule has 0 atom stereocenters. The summed E-state index contributed by atoms with van der Waals surface area (Å²) in [5.41, 5.74) is 3.55. The topological polar surface area (TPSA) is 64.3 Å². The fourth-order valence-corrected chi connectivity index (χ4v) is 4.45. The molecule has 0 saturated carbocycles. The Morgan fingerprint density at radius 2 is 1.29 bits per heavy atom. The van der Waals surface area contributed by atoms with Gasteiger partial charge in [0.15, 0.2) is 12.4 Å². The number of hydrogen-bond donors (Lipinski definition) is 0. The normalized spacial score (nSPS) is 11.9. The van der Waals surface area contributed by atoms with Crippen LogP contribution in [0.25, 0.3) is 12.2 Å². The summed E-state index contributed by atoms with van der Waals surface area (Å²) in [6.45, 7) is 7.29. The first kappa shape index (κ1) is 28.1. The summed E-state index contributed by atoms with van der Waals surface area (Å²) in [5, 5.41) is 0. The van der Waals surface area contributed by atoms with Crippen molar-refractivity contribution in [2.24, 2.45) is 0 Å². The SMILES string of the molecule is CCCCCCN(CCCCCC)c1ccc(/C=C/c2cc[n+](CCCS(=O)(=O)[O-])cc2)cc1. The zero-order valence-electron chi connectivity index (χ0n) is 21.0. The van der Waals surface area contributed by atoms with Crippen LogP contribution in [0.1, 0.15) is 82.8 Å². The van der Waals surface area contributed by atoms with Crippen LogP contribution in [0.4, 0.5) is 5.69 Å². The van der Waals surface area contributed by atoms with E-state index in [-0.39, 0.29) is 5.75 Å². The minimum Gasteiger partial charge on any atom is -0.748 e. The first-order valence-electron chi connectivity index (χ1n) is 12.9. The first-order valence-corrected chi connectivity index (χ1v) is 14.4. The van der Waals surface area contributed by atoms with Gasteiger partial charge >= 0.3 is 0 Å². The monoisotopic (exact) mass is 486 g/mol. The molecule has 0 N–H and O–H groups in total. The van der Waals surface area contributed by atoms with Crippen molar-refractivity contribution in [3.05, 3.63) is 59.9 Å². The van der Waals surface area contributed by atoms with Gasteiger partial charge in [-0.1, -0.05) is 76.7 Å². The van der Waals surface area contributed by atoms with E-state index in [0.717, 1.165) is 24.2 Å². The number of rotatable bonds is 17. The van der Waals surface area contributed by atoms with Crippen LogP contribution in [-0.2, 0) is 16.7 Å². The Morgan fingerprint density at radius 3 is 1.79 bits per heavy atom. The molecule has 0 unspecified atom stereocenters. The van der Waals surface area contributed by atoms with Crippen LogP contribution in [0.15, 0.2) is 48.8 Å². The van der Waals surface area contributed by atoms with Crippen LogP contribution in [0, 0.1) is 0 Å². The summed E-state index contributed by atoms with van der Waals surface area (Å²) in [6.07, 6.45) is 18.6. The highest BCUT2D eigenvalue weighted by Gasteiger charge is 2.06. The van der Waals surface area contributed by atoms with Gasteiger partial charge in [0.05, 0.1) is 10.1 Å². The van der Waals surface area contributed by atoms with Gasteiger partial charge in [-0.3, -0.25) is 0 Å². The van der Waals surface area contributed by atoms with Gasteiger partial charge < -0.3 is 9.45 Å². The number of aromatic nitrogens is 1. The lowest BCUT2D eigenvalue weighted by Gasteiger charge is -2.25. The molecule has 6 heteroatoms. The van der Waals surface area contributed by atoms with Crippen molar-refractivity contribution >= 4 is 28.0 Å². The molecule has 1 aromatic carbocycles. The number of anilines is 1. The smallest absolute Gasteiger partial charge is 0.169 e. The van der Waals surface area contributed by atoms with Crippen molar-refractivity contribution in [2.75, 3.05) is 23.7 Å². The summed E-state index contributed by atoms with van der Waals surface area (Å²) in [5.74, 6) is -0.327. The summed E-state index contributed by atoms with van der Waals surface area (Å²) in [6, 6.07) is 12.8. The zero-order valence-corrected chi connectivity index (χ0v) is 21.8. The molecule has 0 saturated heterocycles. The summed E-state index contributed by atoms with van der Waals surface area (Å²) >= 11 is 0. The number of benzene rings is 1. The van der Waals surface area contributed by atoms with E-state index in [9.17, 15) is 13.0 Å². The second-order valence-electron chi connectivity index (χ2n) is 9.02. The van der Waals surface area contributed by atoms with Crippen molar-refractivity contribution < 1.29 is 17.5 Å². The van der Waals surface area contributed by atoms with Gasteiger partial charge in [-0.25, -0.2) is 13.0 Å². The summed E-state index contributed by atoms with van der Waals surface area (Å²) < 4.78 is 34.1. The molecule has 0 amide bonds. The van der Waals surface area contributed by atoms with Gasteiger partial charge in [0, 0.05) is 43.1 Å². The van der Waals surface area contributed by atoms with Crippen LogP contribution < -0.4 is 9.47 Å². The average Bonchev–Trinajstić information content (AvgIpc) is 2.82. The predicted molar refractivity (Wildman–Crippen MR) is 142 cm³/mol. The Balaban J connectivity index is 1.92. The van der Waals surface area contributed by atoms with E-state index in [4.69, 9.17) is 0 Å². The van der Waals surface area contributed by atoms with Crippen molar-refractivity contribution in [3.8, 4) is 0 Å². The lowest BCUT2D eigenvalue weighted by Crippen LogP contribution is -2.33. The van der Waals surface area contributed by atoms with E-state index in [1.165, 1.54) is 57.1 Å². The Morgan fingerprint density at radius 1 is 0.765 bits per heavy atom. The fourth-order valence-electron chi connectivity index (χ4n) is 3.97. The second-order valence-corrected chi connectivity index (χ2v) is 10.5. The molecule has 2 rings (SSSR count). The Bertz CT molecular complexity index is 927. The maximum absolute atomic E-state index is 10.7. The summed E-state index contributed by atoms with van der Waals surface area (Å²) in [7, 11) is -4.14. The largest absolute Gasteiger partial charge is 0.748 e. The Labute approximate surface area is 207 Å². The molecule has 0 aliphatic rings. The molecule has 0 fully saturated rings. The molecule has 0 bridgehead atoms. The molecule has 1 heterocycles. The third kappa shape index (κ3) is 11.8. The standard InChI is InChI=1S/C28H42N2O3S/c1-3-5-7-9-21-30(22-10-8-6-4-2)28-16-14-26(15-17-28)12-13-27-18-23-29(24-19-27)20-11-25-34(31,32)33/h12-19,23-24H,3-11,20-22,25H2,1-2H3. The highest BCUT2D eigenvalue weighted by atomic mass is 32.2. The van der Waals surface area contributed by atoms with Crippen molar-refractivity contribution in [1.29, 1.82) is 0 Å². The van der Waals surface area contributed by atoms with E-state index < -0.39 is 10.1 Å². The molecular weight excluding hydrogens is 444 g/mol. The second kappa shape index (κ2) is 15.7. The number of unbranched alkanes of at least 4 members (excludes halogenated alkanes) is 6. The van der Waals surface area contributed by atoms with Crippen molar-refractivity contribution in [1.82, 2.24) is 0 Å². The van der Waals surface area contributed by atoms with E-state index in [1.54, 1.807) is 0 Å². The lowest BCUT2D eigenvalue weighted by atomic mass is 10.1. The van der Waals surface area contributed by atoms with Crippen molar-refractivity contribution in [3.63, 3.8) is 0 Å². The maximum atomic E-state index is 10.7. The van der Waals surface area contributed by atoms with Crippen LogP contribution in [0.3, 0.4) is 0 Å². The van der Waals surface area contributed by atoms with E-state index >= 15 is 0 Å². The predicted octanol–water partition coefficient (Wildman–Crippen LogP) is 6.05. The first-order chi connectivity index (χ1) is 16.4. The van der Waals surface area contributed by atoms with Crippen LogP contribution in [0.5, 0.6) is 0 Å². The number of nitrogens with zero attached hydrogens (tertiary/aromatic N) is 2. The van der Waals surface area contributed by atoms with Gasteiger partial charge in [0.25, 0.3) is 0 Å². The highest BCUT2D eigenvalue weighted by Crippen LogP contribution is 2.19. The molecular formula is C28H42N2O3S. The molecule has 0 aliphatic heterocycles. The molecule has 1 aromatic heterocycles.